The molecule has 0 saturated heterocycles. The summed E-state index contributed by atoms with van der Waals surface area (Å²) in [6.45, 7) is 3.71. The van der Waals surface area contributed by atoms with Crippen LogP contribution in [0.1, 0.15) is 31.0 Å². The molecule has 0 saturated carbocycles. The van der Waals surface area contributed by atoms with Crippen LogP contribution in [0.4, 0.5) is 5.69 Å². The van der Waals surface area contributed by atoms with Gasteiger partial charge in [-0.05, 0) is 68.9 Å². The van der Waals surface area contributed by atoms with E-state index in [2.05, 4.69) is 4.72 Å². The van der Waals surface area contributed by atoms with Gasteiger partial charge in [0.05, 0.1) is 12.0 Å². The first-order chi connectivity index (χ1) is 14.1. The number of anilines is 1. The molecule has 8 heteroatoms. The minimum Gasteiger partial charge on any atom is -0.497 e. The maximum atomic E-state index is 13.0. The Kier molecular flexibility index (Phi) is 6.50. The number of methoxy groups -OCH3 is 1. The highest BCUT2D eigenvalue weighted by Crippen LogP contribution is 2.34. The molecular weight excluding hydrogens is 402 g/mol. The Morgan fingerprint density at radius 2 is 2.00 bits per heavy atom. The Labute approximate surface area is 178 Å². The Bertz CT molecular complexity index is 1040. The first-order valence-corrected chi connectivity index (χ1v) is 11.3. The SMILES string of the molecule is COc1cccc(C(CNS(=O)(=O)c2ccc3c(c2)CC(C)N3C(C)=O)N(C)C)c1. The number of likely N-dealkylation sites (N-methyl/N-ethyl adjacent to an activating group) is 1. The van der Waals surface area contributed by atoms with Gasteiger partial charge in [-0.25, -0.2) is 13.1 Å². The number of rotatable bonds is 7. The number of benzene rings is 2. The molecule has 162 valence electrons. The number of hydrogen-bond donors (Lipinski definition) is 1. The molecule has 30 heavy (non-hydrogen) atoms. The Morgan fingerprint density at radius 3 is 2.63 bits per heavy atom. The van der Waals surface area contributed by atoms with Crippen molar-refractivity contribution < 1.29 is 17.9 Å². The van der Waals surface area contributed by atoms with E-state index in [1.807, 2.05) is 50.2 Å². The van der Waals surface area contributed by atoms with Crippen LogP contribution in [-0.2, 0) is 21.2 Å². The molecular formula is C22H29N3O4S. The average Bonchev–Trinajstić information content (AvgIpc) is 3.03. The van der Waals surface area contributed by atoms with Crippen molar-refractivity contribution in [3.8, 4) is 5.75 Å². The second kappa shape index (κ2) is 8.75. The molecule has 0 spiro atoms. The van der Waals surface area contributed by atoms with E-state index in [1.54, 1.807) is 30.2 Å². The zero-order valence-electron chi connectivity index (χ0n) is 18.0. The second-order valence-corrected chi connectivity index (χ2v) is 9.61. The van der Waals surface area contributed by atoms with E-state index in [1.165, 1.54) is 6.92 Å². The van der Waals surface area contributed by atoms with E-state index in [-0.39, 0.29) is 29.4 Å². The van der Waals surface area contributed by atoms with E-state index in [0.717, 1.165) is 22.6 Å². The molecule has 0 aliphatic carbocycles. The van der Waals surface area contributed by atoms with Gasteiger partial charge in [0.25, 0.3) is 0 Å². The van der Waals surface area contributed by atoms with Crippen molar-refractivity contribution >= 4 is 21.6 Å². The molecule has 1 heterocycles. The van der Waals surface area contributed by atoms with Gasteiger partial charge < -0.3 is 14.5 Å². The van der Waals surface area contributed by atoms with Crippen molar-refractivity contribution in [3.05, 3.63) is 53.6 Å². The molecule has 1 amide bonds. The fourth-order valence-corrected chi connectivity index (χ4v) is 5.06. The fraction of sp³-hybridized carbons (Fsp3) is 0.409. The van der Waals surface area contributed by atoms with Gasteiger partial charge in [0.15, 0.2) is 0 Å². The predicted octanol–water partition coefficient (Wildman–Crippen LogP) is 2.57. The van der Waals surface area contributed by atoms with E-state index in [4.69, 9.17) is 4.74 Å². The molecule has 1 aliphatic heterocycles. The van der Waals surface area contributed by atoms with Crippen LogP contribution >= 0.6 is 0 Å². The zero-order valence-corrected chi connectivity index (χ0v) is 18.9. The van der Waals surface area contributed by atoms with Gasteiger partial charge in [0.2, 0.25) is 15.9 Å². The van der Waals surface area contributed by atoms with Crippen LogP contribution in [0.3, 0.4) is 0 Å². The van der Waals surface area contributed by atoms with Crippen LogP contribution in [0.15, 0.2) is 47.4 Å². The molecule has 2 aromatic carbocycles. The topological polar surface area (TPSA) is 79.0 Å². The van der Waals surface area contributed by atoms with Crippen LogP contribution in [0, 0.1) is 0 Å². The summed E-state index contributed by atoms with van der Waals surface area (Å²) in [6, 6.07) is 12.4. The standard InChI is InChI=1S/C22H29N3O4S/c1-15-11-18-13-20(9-10-21(18)25(15)16(2)26)30(27,28)23-14-22(24(3)4)17-7-6-8-19(12-17)29-5/h6-10,12-13,15,22-23H,11,14H2,1-5H3. The minimum absolute atomic E-state index is 0.0228. The smallest absolute Gasteiger partial charge is 0.240 e. The van der Waals surface area contributed by atoms with Crippen LogP contribution in [0.2, 0.25) is 0 Å². The molecule has 0 bridgehead atoms. The highest BCUT2D eigenvalue weighted by Gasteiger charge is 2.30. The molecule has 0 radical (unpaired) electrons. The third-order valence-corrected chi connectivity index (χ3v) is 6.91. The highest BCUT2D eigenvalue weighted by molar-refractivity contribution is 7.89. The molecule has 0 fully saturated rings. The van der Waals surface area contributed by atoms with E-state index in [0.29, 0.717) is 6.42 Å². The van der Waals surface area contributed by atoms with Crippen molar-refractivity contribution in [2.75, 3.05) is 32.6 Å². The van der Waals surface area contributed by atoms with Gasteiger partial charge in [-0.2, -0.15) is 0 Å². The number of nitrogens with zero attached hydrogens (tertiary/aromatic N) is 2. The number of carbonyl (C=O) groups excluding carboxylic acids is 1. The van der Waals surface area contributed by atoms with Gasteiger partial charge in [0.1, 0.15) is 5.75 Å². The molecule has 7 nitrogen and oxygen atoms in total. The van der Waals surface area contributed by atoms with E-state index >= 15 is 0 Å². The van der Waals surface area contributed by atoms with Crippen molar-refractivity contribution in [2.45, 2.75) is 37.2 Å². The van der Waals surface area contributed by atoms with Gasteiger partial charge in [0, 0.05) is 31.2 Å². The average molecular weight is 432 g/mol. The number of amides is 1. The summed E-state index contributed by atoms with van der Waals surface area (Å²) < 4.78 is 34.0. The molecule has 2 unspecified atom stereocenters. The number of ether oxygens (including phenoxy) is 1. The predicted molar refractivity (Wildman–Crippen MR) is 117 cm³/mol. The van der Waals surface area contributed by atoms with Gasteiger partial charge >= 0.3 is 0 Å². The van der Waals surface area contributed by atoms with Crippen LogP contribution in [0.25, 0.3) is 0 Å². The summed E-state index contributed by atoms with van der Waals surface area (Å²) in [7, 11) is 1.72. The zero-order chi connectivity index (χ0) is 22.1. The second-order valence-electron chi connectivity index (χ2n) is 7.84. The molecule has 3 rings (SSSR count). The quantitative estimate of drug-likeness (QED) is 0.729. The normalized spacial score (nSPS) is 17.1. The van der Waals surface area contributed by atoms with Crippen molar-refractivity contribution in [1.29, 1.82) is 0 Å². The summed E-state index contributed by atoms with van der Waals surface area (Å²) in [5.74, 6) is 0.687. The number of hydrogen-bond acceptors (Lipinski definition) is 5. The lowest BCUT2D eigenvalue weighted by atomic mass is 10.1. The monoisotopic (exact) mass is 431 g/mol. The van der Waals surface area contributed by atoms with Gasteiger partial charge in [-0.1, -0.05) is 12.1 Å². The minimum atomic E-state index is -3.70. The molecule has 0 aromatic heterocycles. The molecule has 1 aliphatic rings. The summed E-state index contributed by atoms with van der Waals surface area (Å²) in [4.78, 5) is 15.8. The lowest BCUT2D eigenvalue weighted by Gasteiger charge is -2.25. The van der Waals surface area contributed by atoms with E-state index in [9.17, 15) is 13.2 Å². The highest BCUT2D eigenvalue weighted by atomic mass is 32.2. The van der Waals surface area contributed by atoms with Crippen molar-refractivity contribution in [3.63, 3.8) is 0 Å². The third kappa shape index (κ3) is 4.50. The molecule has 2 aromatic rings. The maximum absolute atomic E-state index is 13.0. The first kappa shape index (κ1) is 22.3. The summed E-state index contributed by atoms with van der Waals surface area (Å²) in [5.41, 5.74) is 2.62. The number of nitrogens with one attached hydrogen (secondary N) is 1. The Morgan fingerprint density at radius 1 is 1.27 bits per heavy atom. The molecule has 2 atom stereocenters. The lowest BCUT2D eigenvalue weighted by Crippen LogP contribution is -2.34. The first-order valence-electron chi connectivity index (χ1n) is 9.87. The van der Waals surface area contributed by atoms with Crippen LogP contribution in [-0.4, -0.2) is 53.0 Å². The number of carbonyl (C=O) groups is 1. The number of fused-ring (bicyclic) bond motifs is 1. The van der Waals surface area contributed by atoms with E-state index < -0.39 is 10.0 Å². The van der Waals surface area contributed by atoms with Crippen LogP contribution < -0.4 is 14.4 Å². The van der Waals surface area contributed by atoms with Gasteiger partial charge in [-0.15, -0.1) is 0 Å². The Hall–Kier alpha value is -2.42. The molecule has 1 N–H and O–H groups in total. The lowest BCUT2D eigenvalue weighted by molar-refractivity contribution is -0.116. The van der Waals surface area contributed by atoms with Crippen molar-refractivity contribution in [2.24, 2.45) is 0 Å². The van der Waals surface area contributed by atoms with Crippen LogP contribution in [0.5, 0.6) is 5.75 Å². The fourth-order valence-electron chi connectivity index (χ4n) is 3.97. The summed E-state index contributed by atoms with van der Waals surface area (Å²) in [6.07, 6.45) is 0.641. The van der Waals surface area contributed by atoms with Gasteiger partial charge in [-0.3, -0.25) is 4.79 Å². The third-order valence-electron chi connectivity index (χ3n) is 5.48. The largest absolute Gasteiger partial charge is 0.497 e. The maximum Gasteiger partial charge on any atom is 0.240 e. The van der Waals surface area contributed by atoms with Crippen molar-refractivity contribution in [1.82, 2.24) is 9.62 Å². The summed E-state index contributed by atoms with van der Waals surface area (Å²) in [5, 5.41) is 0. The summed E-state index contributed by atoms with van der Waals surface area (Å²) >= 11 is 0. The Balaban J connectivity index is 1.81. The number of sulfonamides is 1.